The highest BCUT2D eigenvalue weighted by Gasteiger charge is 2.22. The highest BCUT2D eigenvalue weighted by atomic mass is 16.3. The molecule has 3 N–H and O–H groups in total. The van der Waals surface area contributed by atoms with Crippen LogP contribution in [0, 0.1) is 6.92 Å². The largest absolute Gasteiger partial charge is 0.469 e. The molecule has 2 aromatic heterocycles. The van der Waals surface area contributed by atoms with E-state index >= 15 is 0 Å². The predicted molar refractivity (Wildman–Crippen MR) is 65.5 cm³/mol. The normalized spacial score (nSPS) is 14.9. The number of furan rings is 1. The van der Waals surface area contributed by atoms with Crippen molar-refractivity contribution in [3.63, 3.8) is 0 Å². The summed E-state index contributed by atoms with van der Waals surface area (Å²) in [7, 11) is 0. The molecule has 0 spiro atoms. The van der Waals surface area contributed by atoms with Crippen LogP contribution < -0.4 is 11.1 Å². The van der Waals surface area contributed by atoms with Crippen LogP contribution in [-0.2, 0) is 0 Å². The Bertz CT molecular complexity index is 545. The maximum atomic E-state index is 5.79. The average Bonchev–Trinajstić information content (AvgIpc) is 2.97. The smallest absolute Gasteiger partial charge is 0.225 e. The SMILES string of the molecule is Cc1occc1-c1cc(N)nc(NC2CC2)n1. The number of anilines is 2. The molecule has 0 unspecified atom stereocenters. The summed E-state index contributed by atoms with van der Waals surface area (Å²) in [5.41, 5.74) is 7.54. The summed E-state index contributed by atoms with van der Waals surface area (Å²) in [5.74, 6) is 1.90. The summed E-state index contributed by atoms with van der Waals surface area (Å²) < 4.78 is 5.27. The molecule has 1 fully saturated rings. The Morgan fingerprint density at radius 1 is 1.41 bits per heavy atom. The summed E-state index contributed by atoms with van der Waals surface area (Å²) >= 11 is 0. The Hall–Kier alpha value is -2.04. The van der Waals surface area contributed by atoms with Crippen LogP contribution in [0.2, 0.25) is 0 Å². The number of nitrogen functional groups attached to an aromatic ring is 1. The van der Waals surface area contributed by atoms with Crippen molar-refractivity contribution in [2.24, 2.45) is 0 Å². The summed E-state index contributed by atoms with van der Waals surface area (Å²) in [6, 6.07) is 4.16. The van der Waals surface area contributed by atoms with E-state index in [1.807, 2.05) is 13.0 Å². The lowest BCUT2D eigenvalue weighted by molar-refractivity contribution is 0.535. The molecule has 2 aromatic rings. The van der Waals surface area contributed by atoms with E-state index in [4.69, 9.17) is 10.2 Å². The molecule has 0 radical (unpaired) electrons. The molecule has 0 aromatic carbocycles. The van der Waals surface area contributed by atoms with Crippen LogP contribution in [0.4, 0.5) is 11.8 Å². The first-order valence-electron chi connectivity index (χ1n) is 5.68. The van der Waals surface area contributed by atoms with Gasteiger partial charge in [-0.15, -0.1) is 0 Å². The van der Waals surface area contributed by atoms with Crippen molar-refractivity contribution < 1.29 is 4.42 Å². The molecule has 2 heterocycles. The Morgan fingerprint density at radius 3 is 2.88 bits per heavy atom. The first-order chi connectivity index (χ1) is 8.22. The Balaban J connectivity index is 1.98. The van der Waals surface area contributed by atoms with E-state index in [2.05, 4.69) is 15.3 Å². The van der Waals surface area contributed by atoms with Crippen molar-refractivity contribution in [3.8, 4) is 11.3 Å². The fourth-order valence-corrected chi connectivity index (χ4v) is 1.73. The Morgan fingerprint density at radius 2 is 2.24 bits per heavy atom. The molecule has 0 saturated heterocycles. The molecule has 17 heavy (non-hydrogen) atoms. The Labute approximate surface area is 99.1 Å². The second kappa shape index (κ2) is 3.76. The zero-order valence-corrected chi connectivity index (χ0v) is 9.60. The average molecular weight is 230 g/mol. The number of nitrogens with two attached hydrogens (primary N) is 1. The summed E-state index contributed by atoms with van der Waals surface area (Å²) in [4.78, 5) is 8.63. The van der Waals surface area contributed by atoms with Gasteiger partial charge in [0.15, 0.2) is 0 Å². The van der Waals surface area contributed by atoms with E-state index in [0.717, 1.165) is 17.0 Å². The van der Waals surface area contributed by atoms with Gasteiger partial charge in [-0.2, -0.15) is 4.98 Å². The molecule has 1 aliphatic carbocycles. The van der Waals surface area contributed by atoms with Crippen molar-refractivity contribution in [2.45, 2.75) is 25.8 Å². The van der Waals surface area contributed by atoms with E-state index in [1.165, 1.54) is 12.8 Å². The highest BCUT2D eigenvalue weighted by molar-refractivity contribution is 5.65. The second-order valence-corrected chi connectivity index (χ2v) is 4.31. The van der Waals surface area contributed by atoms with E-state index in [9.17, 15) is 0 Å². The molecular formula is C12H14N4O. The van der Waals surface area contributed by atoms with Gasteiger partial charge in [0.05, 0.1) is 12.0 Å². The number of hydrogen-bond acceptors (Lipinski definition) is 5. The minimum atomic E-state index is 0.471. The predicted octanol–water partition coefficient (Wildman–Crippen LogP) is 2.20. The van der Waals surface area contributed by atoms with Crippen molar-refractivity contribution in [1.29, 1.82) is 0 Å². The second-order valence-electron chi connectivity index (χ2n) is 4.31. The monoisotopic (exact) mass is 230 g/mol. The van der Waals surface area contributed by atoms with Crippen molar-refractivity contribution in [2.75, 3.05) is 11.1 Å². The number of aryl methyl sites for hydroxylation is 1. The fraction of sp³-hybridized carbons (Fsp3) is 0.333. The molecule has 1 aliphatic rings. The van der Waals surface area contributed by atoms with Crippen LogP contribution in [0.5, 0.6) is 0 Å². The third kappa shape index (κ3) is 2.08. The van der Waals surface area contributed by atoms with E-state index in [1.54, 1.807) is 12.3 Å². The van der Waals surface area contributed by atoms with Gasteiger partial charge >= 0.3 is 0 Å². The van der Waals surface area contributed by atoms with Crippen molar-refractivity contribution in [1.82, 2.24) is 9.97 Å². The van der Waals surface area contributed by atoms with Gasteiger partial charge in [0, 0.05) is 17.7 Å². The van der Waals surface area contributed by atoms with E-state index in [0.29, 0.717) is 17.8 Å². The maximum Gasteiger partial charge on any atom is 0.225 e. The molecule has 5 heteroatoms. The van der Waals surface area contributed by atoms with Gasteiger partial charge < -0.3 is 15.5 Å². The van der Waals surface area contributed by atoms with Crippen LogP contribution in [0.25, 0.3) is 11.3 Å². The highest BCUT2D eigenvalue weighted by Crippen LogP contribution is 2.27. The minimum absolute atomic E-state index is 0.471. The third-order valence-corrected chi connectivity index (χ3v) is 2.79. The van der Waals surface area contributed by atoms with Gasteiger partial charge in [0.25, 0.3) is 0 Å². The maximum absolute atomic E-state index is 5.79. The molecule has 0 atom stereocenters. The third-order valence-electron chi connectivity index (χ3n) is 2.79. The zero-order valence-electron chi connectivity index (χ0n) is 9.60. The topological polar surface area (TPSA) is 77.0 Å². The van der Waals surface area contributed by atoms with E-state index in [-0.39, 0.29) is 0 Å². The van der Waals surface area contributed by atoms with Gasteiger partial charge in [0.1, 0.15) is 11.6 Å². The summed E-state index contributed by atoms with van der Waals surface area (Å²) in [5, 5.41) is 3.25. The number of aromatic nitrogens is 2. The first-order valence-corrected chi connectivity index (χ1v) is 5.68. The van der Waals surface area contributed by atoms with Crippen molar-refractivity contribution in [3.05, 3.63) is 24.2 Å². The van der Waals surface area contributed by atoms with E-state index < -0.39 is 0 Å². The zero-order chi connectivity index (χ0) is 11.8. The lowest BCUT2D eigenvalue weighted by atomic mass is 10.2. The number of nitrogens with one attached hydrogen (secondary N) is 1. The molecule has 0 aliphatic heterocycles. The summed E-state index contributed by atoms with van der Waals surface area (Å²) in [6.45, 7) is 1.90. The molecule has 0 amide bonds. The lowest BCUT2D eigenvalue weighted by Gasteiger charge is -2.06. The quantitative estimate of drug-likeness (QED) is 0.845. The van der Waals surface area contributed by atoms with Gasteiger partial charge in [0.2, 0.25) is 5.95 Å². The van der Waals surface area contributed by atoms with Gasteiger partial charge in [-0.25, -0.2) is 4.98 Å². The molecule has 5 nitrogen and oxygen atoms in total. The van der Waals surface area contributed by atoms with Crippen LogP contribution in [0.15, 0.2) is 22.8 Å². The van der Waals surface area contributed by atoms with Gasteiger partial charge in [-0.3, -0.25) is 0 Å². The molecular weight excluding hydrogens is 216 g/mol. The van der Waals surface area contributed by atoms with Gasteiger partial charge in [-0.1, -0.05) is 0 Å². The molecule has 3 rings (SSSR count). The van der Waals surface area contributed by atoms with Gasteiger partial charge in [-0.05, 0) is 25.8 Å². The van der Waals surface area contributed by atoms with Crippen molar-refractivity contribution >= 4 is 11.8 Å². The number of hydrogen-bond donors (Lipinski definition) is 2. The standard InChI is InChI=1S/C12H14N4O/c1-7-9(4-5-17-7)10-6-11(13)16-12(15-10)14-8-2-3-8/h4-6,8H,2-3H2,1H3,(H3,13,14,15,16). The lowest BCUT2D eigenvalue weighted by Crippen LogP contribution is -2.07. The first kappa shape index (κ1) is 10.1. The molecule has 1 saturated carbocycles. The number of rotatable bonds is 3. The summed E-state index contributed by atoms with van der Waals surface area (Å²) in [6.07, 6.45) is 4.01. The molecule has 0 bridgehead atoms. The van der Waals surface area contributed by atoms with Crippen LogP contribution in [0.3, 0.4) is 0 Å². The minimum Gasteiger partial charge on any atom is -0.469 e. The van der Waals surface area contributed by atoms with Crippen LogP contribution in [0.1, 0.15) is 18.6 Å². The van der Waals surface area contributed by atoms with Crippen LogP contribution in [-0.4, -0.2) is 16.0 Å². The number of nitrogens with zero attached hydrogens (tertiary/aromatic N) is 2. The Kier molecular flexibility index (Phi) is 2.24. The fourth-order valence-electron chi connectivity index (χ4n) is 1.73. The molecule has 88 valence electrons. The van der Waals surface area contributed by atoms with Crippen LogP contribution >= 0.6 is 0 Å².